The number of hydrogen-bond donors (Lipinski definition) is 1. The summed E-state index contributed by atoms with van der Waals surface area (Å²) in [5.41, 5.74) is 4.88. The highest BCUT2D eigenvalue weighted by atomic mass is 28.3. The Morgan fingerprint density at radius 3 is 1.67 bits per heavy atom. The van der Waals surface area contributed by atoms with Crippen LogP contribution >= 0.6 is 0 Å². The van der Waals surface area contributed by atoms with Gasteiger partial charge in [-0.1, -0.05) is 34.2 Å². The fourth-order valence-electron chi connectivity index (χ4n) is 1.52. The molecule has 2 atom stereocenters. The molecule has 6 heteroatoms. The Morgan fingerprint density at radius 1 is 1.27 bits per heavy atom. The smallest absolute Gasteiger partial charge is 0.330 e. The Balaban J connectivity index is 5.44. The first kappa shape index (κ1) is 14.6. The number of halogens is 3. The Bertz CT molecular complexity index is 257. The molecule has 2 N–H and O–H groups in total. The molecule has 0 rings (SSSR count). The SMILES string of the molecule is CC(N)[Si](C)(C(=O)C(F)(F)F)C(C)(C)C. The van der Waals surface area contributed by atoms with Gasteiger partial charge in [0.2, 0.25) is 5.41 Å². The summed E-state index contributed by atoms with van der Waals surface area (Å²) in [6.45, 7) is 7.83. The zero-order chi connectivity index (χ0) is 12.7. The van der Waals surface area contributed by atoms with Gasteiger partial charge >= 0.3 is 6.18 Å². The highest BCUT2D eigenvalue weighted by Crippen LogP contribution is 2.41. The first-order valence-corrected chi connectivity index (χ1v) is 7.30. The van der Waals surface area contributed by atoms with Crippen LogP contribution in [-0.2, 0) is 4.79 Å². The fraction of sp³-hybridized carbons (Fsp3) is 0.889. The topological polar surface area (TPSA) is 43.1 Å². The van der Waals surface area contributed by atoms with E-state index in [0.29, 0.717) is 0 Å². The summed E-state index contributed by atoms with van der Waals surface area (Å²) in [5.74, 6) is 0. The van der Waals surface area contributed by atoms with Crippen molar-refractivity contribution in [2.75, 3.05) is 0 Å². The van der Waals surface area contributed by atoms with E-state index in [1.54, 1.807) is 20.8 Å². The first-order valence-electron chi connectivity index (χ1n) is 4.72. The molecular formula is C9H18F3NOSi. The zero-order valence-electron chi connectivity index (χ0n) is 9.70. The monoisotopic (exact) mass is 241 g/mol. The van der Waals surface area contributed by atoms with E-state index in [-0.39, 0.29) is 0 Å². The predicted octanol–water partition coefficient (Wildman–Crippen LogP) is 2.42. The van der Waals surface area contributed by atoms with Crippen molar-refractivity contribution in [3.8, 4) is 0 Å². The second-order valence-corrected chi connectivity index (χ2v) is 10.3. The van der Waals surface area contributed by atoms with Gasteiger partial charge in [0, 0.05) is 5.67 Å². The van der Waals surface area contributed by atoms with Crippen LogP contribution in [0, 0.1) is 0 Å². The van der Waals surface area contributed by atoms with Crippen molar-refractivity contribution in [2.24, 2.45) is 5.73 Å². The fourth-order valence-corrected chi connectivity index (χ4v) is 4.57. The number of carbonyl (C=O) groups excluding carboxylic acids is 1. The molecule has 0 bridgehead atoms. The van der Waals surface area contributed by atoms with Crippen molar-refractivity contribution in [1.82, 2.24) is 0 Å². The Hall–Kier alpha value is -0.363. The standard InChI is InChI=1S/C9H18F3NOSi/c1-6(13)15(5,8(2,3)4)7(14)9(10,11)12/h6H,13H2,1-5H3. The quantitative estimate of drug-likeness (QED) is 0.754. The third kappa shape index (κ3) is 2.60. The molecule has 0 aliphatic heterocycles. The summed E-state index contributed by atoms with van der Waals surface area (Å²) in [6, 6.07) is 0. The van der Waals surface area contributed by atoms with Crippen molar-refractivity contribution in [1.29, 1.82) is 0 Å². The lowest BCUT2D eigenvalue weighted by atomic mass is 10.2. The number of hydrogen-bond acceptors (Lipinski definition) is 2. The molecule has 0 saturated carbocycles. The molecule has 0 heterocycles. The van der Waals surface area contributed by atoms with E-state index in [1.165, 1.54) is 13.5 Å². The average Bonchev–Trinajstić information content (AvgIpc) is 1.97. The maximum atomic E-state index is 12.5. The number of rotatable bonds is 2. The van der Waals surface area contributed by atoms with Gasteiger partial charge in [-0.25, -0.2) is 0 Å². The molecule has 2 unspecified atom stereocenters. The Morgan fingerprint density at radius 2 is 1.60 bits per heavy atom. The van der Waals surface area contributed by atoms with Crippen LogP contribution in [0.2, 0.25) is 11.6 Å². The van der Waals surface area contributed by atoms with E-state index in [1.807, 2.05) is 0 Å². The normalized spacial score (nSPS) is 19.5. The molecule has 0 aliphatic rings. The van der Waals surface area contributed by atoms with Gasteiger partial charge in [0.1, 0.15) is 0 Å². The molecule has 90 valence electrons. The zero-order valence-corrected chi connectivity index (χ0v) is 10.7. The minimum Gasteiger partial charge on any atom is -0.330 e. The third-order valence-electron chi connectivity index (χ3n) is 3.20. The third-order valence-corrected chi connectivity index (χ3v) is 9.36. The van der Waals surface area contributed by atoms with Crippen molar-refractivity contribution < 1.29 is 18.0 Å². The number of carbonyl (C=O) groups is 1. The lowest BCUT2D eigenvalue weighted by Gasteiger charge is -2.41. The van der Waals surface area contributed by atoms with Crippen LogP contribution in [0.15, 0.2) is 0 Å². The molecule has 0 aromatic carbocycles. The van der Waals surface area contributed by atoms with E-state index < -0.39 is 30.4 Å². The van der Waals surface area contributed by atoms with Crippen LogP contribution in [0.4, 0.5) is 13.2 Å². The first-order chi connectivity index (χ1) is 6.35. The van der Waals surface area contributed by atoms with Gasteiger partial charge < -0.3 is 5.73 Å². The van der Waals surface area contributed by atoms with E-state index in [0.717, 1.165) is 0 Å². The van der Waals surface area contributed by atoms with E-state index >= 15 is 0 Å². The molecular weight excluding hydrogens is 223 g/mol. The maximum Gasteiger partial charge on any atom is 0.445 e. The molecule has 0 radical (unpaired) electrons. The van der Waals surface area contributed by atoms with Crippen LogP contribution in [0.5, 0.6) is 0 Å². The van der Waals surface area contributed by atoms with Crippen LogP contribution in [-0.4, -0.2) is 25.3 Å². The maximum absolute atomic E-state index is 12.5. The highest BCUT2D eigenvalue weighted by Gasteiger charge is 2.58. The van der Waals surface area contributed by atoms with E-state index in [2.05, 4.69) is 0 Å². The molecule has 0 aromatic heterocycles. The second-order valence-electron chi connectivity index (χ2n) is 5.07. The summed E-state index contributed by atoms with van der Waals surface area (Å²) < 4.78 is 37.4. The van der Waals surface area contributed by atoms with Gasteiger partial charge in [-0.15, -0.1) is 0 Å². The molecule has 0 aliphatic carbocycles. The van der Waals surface area contributed by atoms with E-state index in [9.17, 15) is 18.0 Å². The molecule has 0 fully saturated rings. The Labute approximate surface area is 89.0 Å². The summed E-state index contributed by atoms with van der Waals surface area (Å²) in [5, 5.41) is -2.31. The minimum atomic E-state index is -4.78. The van der Waals surface area contributed by atoms with Gasteiger partial charge in [0.25, 0.3) is 0 Å². The number of alkyl halides is 3. The summed E-state index contributed by atoms with van der Waals surface area (Å²) in [4.78, 5) is 11.4. The van der Waals surface area contributed by atoms with Crippen molar-refractivity contribution in [3.63, 3.8) is 0 Å². The molecule has 2 nitrogen and oxygen atoms in total. The molecule has 0 spiro atoms. The highest BCUT2D eigenvalue weighted by molar-refractivity contribution is 7.08. The van der Waals surface area contributed by atoms with Crippen LogP contribution in [0.25, 0.3) is 0 Å². The molecule has 0 amide bonds. The largest absolute Gasteiger partial charge is 0.445 e. The minimum absolute atomic E-state index is 0.701. The summed E-state index contributed by atoms with van der Waals surface area (Å²) in [7, 11) is -3.25. The number of nitrogens with two attached hydrogens (primary N) is 1. The summed E-state index contributed by atoms with van der Waals surface area (Å²) in [6.07, 6.45) is -4.78. The molecule has 0 aromatic rings. The van der Waals surface area contributed by atoms with Crippen molar-refractivity contribution in [2.45, 2.75) is 51.1 Å². The van der Waals surface area contributed by atoms with Gasteiger partial charge in [-0.2, -0.15) is 13.2 Å². The van der Waals surface area contributed by atoms with Gasteiger partial charge in [0.05, 0.1) is 0 Å². The van der Waals surface area contributed by atoms with Crippen LogP contribution < -0.4 is 5.73 Å². The van der Waals surface area contributed by atoms with Gasteiger partial charge in [0.15, 0.2) is 8.07 Å². The predicted molar refractivity (Wildman–Crippen MR) is 56.0 cm³/mol. The lowest BCUT2D eigenvalue weighted by molar-refractivity contribution is -0.163. The van der Waals surface area contributed by atoms with Crippen molar-refractivity contribution in [3.05, 3.63) is 0 Å². The van der Waals surface area contributed by atoms with Gasteiger partial charge in [-0.3, -0.25) is 4.79 Å². The average molecular weight is 241 g/mol. The summed E-state index contributed by atoms with van der Waals surface area (Å²) >= 11 is 0. The van der Waals surface area contributed by atoms with E-state index in [4.69, 9.17) is 5.73 Å². The van der Waals surface area contributed by atoms with Crippen molar-refractivity contribution >= 4 is 13.5 Å². The molecule has 0 saturated heterocycles. The van der Waals surface area contributed by atoms with Crippen LogP contribution in [0.1, 0.15) is 27.7 Å². The lowest BCUT2D eigenvalue weighted by Crippen LogP contribution is -2.64. The second kappa shape index (κ2) is 3.90. The van der Waals surface area contributed by atoms with Crippen LogP contribution in [0.3, 0.4) is 0 Å². The molecule has 15 heavy (non-hydrogen) atoms. The Kier molecular flexibility index (Phi) is 3.80. The van der Waals surface area contributed by atoms with Gasteiger partial charge in [-0.05, 0) is 5.04 Å².